The second-order valence-corrected chi connectivity index (χ2v) is 9.50. The normalized spacial score (nSPS) is 13.6. The van der Waals surface area contributed by atoms with Gasteiger partial charge in [-0.1, -0.05) is 48.0 Å². The fraction of sp³-hybridized carbons (Fsp3) is 0.308. The fourth-order valence-corrected chi connectivity index (χ4v) is 4.33. The predicted molar refractivity (Wildman–Crippen MR) is 133 cm³/mol. The summed E-state index contributed by atoms with van der Waals surface area (Å²) >= 11 is 11.8. The molecular formula is C26H19Cl2F10NO2. The summed E-state index contributed by atoms with van der Waals surface area (Å²) < 4.78 is 135. The number of Topliss-reactive ketones (excluding diaryl/α,β-unsaturated/α-hetero) is 1. The lowest BCUT2D eigenvalue weighted by Gasteiger charge is -2.20. The Hall–Kier alpha value is -3.06. The zero-order chi connectivity index (χ0) is 31.5. The van der Waals surface area contributed by atoms with Crippen LogP contribution in [-0.2, 0) is 11.0 Å². The summed E-state index contributed by atoms with van der Waals surface area (Å²) in [5.74, 6) is -6.89. The van der Waals surface area contributed by atoms with Crippen LogP contribution in [0.1, 0.15) is 51.4 Å². The molecule has 0 aliphatic heterocycles. The van der Waals surface area contributed by atoms with Gasteiger partial charge in [0.25, 0.3) is 0 Å². The van der Waals surface area contributed by atoms with E-state index in [1.165, 1.54) is 6.08 Å². The van der Waals surface area contributed by atoms with Crippen molar-refractivity contribution in [3.8, 4) is 0 Å². The Labute approximate surface area is 237 Å². The first-order chi connectivity index (χ1) is 18.7. The minimum absolute atomic E-state index is 0.0156. The van der Waals surface area contributed by atoms with Crippen LogP contribution in [-0.4, -0.2) is 42.5 Å². The number of carbonyl (C=O) groups is 2. The zero-order valence-electron chi connectivity index (χ0n) is 20.7. The molecule has 0 saturated heterocycles. The molecule has 2 rings (SSSR count). The molecule has 1 amide bonds. The molecular weight excluding hydrogens is 619 g/mol. The molecule has 0 spiro atoms. The highest BCUT2D eigenvalue weighted by atomic mass is 35.5. The van der Waals surface area contributed by atoms with Crippen LogP contribution in [0.4, 0.5) is 43.9 Å². The van der Waals surface area contributed by atoms with Gasteiger partial charge in [0.1, 0.15) is 18.3 Å². The molecule has 0 saturated carbocycles. The molecule has 0 bridgehead atoms. The first kappa shape index (κ1) is 34.1. The third kappa shape index (κ3) is 9.22. The van der Waals surface area contributed by atoms with Gasteiger partial charge in [-0.3, -0.25) is 9.59 Å². The van der Waals surface area contributed by atoms with E-state index < -0.39 is 83.6 Å². The summed E-state index contributed by atoms with van der Waals surface area (Å²) in [6.45, 7) is 1.76. The highest BCUT2D eigenvalue weighted by Gasteiger charge is 2.41. The predicted octanol–water partition coefficient (Wildman–Crippen LogP) is 9.30. The van der Waals surface area contributed by atoms with Crippen molar-refractivity contribution in [2.24, 2.45) is 0 Å². The number of hydrogen-bond donors (Lipinski definition) is 0. The van der Waals surface area contributed by atoms with Gasteiger partial charge in [-0.05, 0) is 29.8 Å². The minimum Gasteiger partial charge on any atom is -0.337 e. The third-order valence-corrected chi connectivity index (χ3v) is 6.26. The van der Waals surface area contributed by atoms with Crippen molar-refractivity contribution in [2.45, 2.75) is 37.3 Å². The lowest BCUT2D eigenvalue weighted by Crippen LogP contribution is -2.35. The van der Waals surface area contributed by atoms with Crippen molar-refractivity contribution in [2.75, 3.05) is 13.6 Å². The Morgan fingerprint density at radius 3 is 1.98 bits per heavy atom. The summed E-state index contributed by atoms with van der Waals surface area (Å²) in [5, 5.41) is -0.480. The minimum atomic E-state index is -5.29. The van der Waals surface area contributed by atoms with Crippen molar-refractivity contribution >= 4 is 46.8 Å². The van der Waals surface area contributed by atoms with Gasteiger partial charge in [-0.15, -0.1) is 0 Å². The van der Waals surface area contributed by atoms with E-state index in [2.05, 4.69) is 6.58 Å². The molecule has 0 aliphatic carbocycles. The van der Waals surface area contributed by atoms with Gasteiger partial charge in [0.15, 0.2) is 5.78 Å². The summed E-state index contributed by atoms with van der Waals surface area (Å²) in [4.78, 5) is 24.5. The fourth-order valence-electron chi connectivity index (χ4n) is 3.67. The van der Waals surface area contributed by atoms with Crippen LogP contribution in [0.15, 0.2) is 43.0 Å². The second kappa shape index (κ2) is 12.8. The van der Waals surface area contributed by atoms with E-state index >= 15 is 4.39 Å². The highest BCUT2D eigenvalue weighted by Crippen LogP contribution is 2.42. The molecule has 1 unspecified atom stereocenters. The smallest absolute Gasteiger partial charge is 0.337 e. The Kier molecular flexibility index (Phi) is 10.7. The number of allylic oxidation sites excluding steroid dienone is 1. The van der Waals surface area contributed by atoms with Gasteiger partial charge >= 0.3 is 18.5 Å². The molecule has 0 aliphatic rings. The lowest BCUT2D eigenvalue weighted by molar-refractivity contribution is -0.158. The van der Waals surface area contributed by atoms with E-state index in [-0.39, 0.29) is 32.7 Å². The summed E-state index contributed by atoms with van der Waals surface area (Å²) in [5.41, 5.74) is -4.23. The van der Waals surface area contributed by atoms with E-state index in [0.717, 1.165) is 19.2 Å². The van der Waals surface area contributed by atoms with Gasteiger partial charge < -0.3 is 4.90 Å². The Bertz CT molecular complexity index is 1320. The van der Waals surface area contributed by atoms with Crippen LogP contribution in [0.2, 0.25) is 10.0 Å². The van der Waals surface area contributed by atoms with Gasteiger partial charge in [-0.2, -0.15) is 39.5 Å². The van der Waals surface area contributed by atoms with E-state index in [1.807, 2.05) is 0 Å². The first-order valence-corrected chi connectivity index (χ1v) is 12.0. The molecule has 0 radical (unpaired) electrons. The second-order valence-electron chi connectivity index (χ2n) is 8.68. The number of nitrogens with zero attached hydrogens (tertiary/aromatic N) is 1. The Morgan fingerprint density at radius 2 is 1.51 bits per heavy atom. The number of rotatable bonds is 9. The van der Waals surface area contributed by atoms with Gasteiger partial charge in [0, 0.05) is 46.6 Å². The molecule has 3 nitrogen and oxygen atoms in total. The van der Waals surface area contributed by atoms with Gasteiger partial charge in [-0.25, -0.2) is 4.39 Å². The SMILES string of the molecule is C=Cc1c(Cl)cc(C(/C=C(\F)c2ccc(C(=O)CCC(=O)N(C)CC(F)(F)F)c(C(F)(F)F)c2)C(F)(F)F)cc1Cl. The summed E-state index contributed by atoms with van der Waals surface area (Å²) in [6, 6.07) is 2.95. The van der Waals surface area contributed by atoms with E-state index in [9.17, 15) is 49.1 Å². The van der Waals surface area contributed by atoms with Crippen molar-refractivity contribution in [3.05, 3.63) is 80.8 Å². The lowest BCUT2D eigenvalue weighted by atomic mass is 9.93. The molecule has 2 aromatic carbocycles. The molecule has 224 valence electrons. The number of carbonyl (C=O) groups excluding carboxylic acids is 2. The van der Waals surface area contributed by atoms with E-state index in [4.69, 9.17) is 23.2 Å². The molecule has 0 aromatic heterocycles. The van der Waals surface area contributed by atoms with Crippen LogP contribution >= 0.6 is 23.2 Å². The highest BCUT2D eigenvalue weighted by molar-refractivity contribution is 6.37. The molecule has 15 heteroatoms. The average molecular weight is 638 g/mol. The average Bonchev–Trinajstić information content (AvgIpc) is 2.82. The number of ketones is 1. The van der Waals surface area contributed by atoms with Crippen LogP contribution in [0, 0.1) is 0 Å². The number of benzene rings is 2. The van der Waals surface area contributed by atoms with Crippen LogP contribution in [0.5, 0.6) is 0 Å². The number of amides is 1. The standard InChI is InChI=1S/C26H19Cl2F10NO2/c1-3-15-19(27)9-14(10-20(15)28)17(25(33,34)35)11-21(29)13-4-5-16(18(8-13)26(36,37)38)22(40)6-7-23(41)39(2)12-24(30,31)32/h3-5,8-11,17H,1,6-7,12H2,2H3/b21-11-. The first-order valence-electron chi connectivity index (χ1n) is 11.3. The largest absolute Gasteiger partial charge is 0.417 e. The van der Waals surface area contributed by atoms with Crippen molar-refractivity contribution < 1.29 is 53.5 Å². The summed E-state index contributed by atoms with van der Waals surface area (Å²) in [6.07, 6.45) is -15.8. The number of halogens is 12. The maximum atomic E-state index is 15.0. The van der Waals surface area contributed by atoms with E-state index in [0.29, 0.717) is 12.1 Å². The van der Waals surface area contributed by atoms with Crippen molar-refractivity contribution in [1.82, 2.24) is 4.90 Å². The van der Waals surface area contributed by atoms with Crippen LogP contribution in [0.3, 0.4) is 0 Å². The molecule has 41 heavy (non-hydrogen) atoms. The zero-order valence-corrected chi connectivity index (χ0v) is 22.3. The van der Waals surface area contributed by atoms with Crippen LogP contribution in [0.25, 0.3) is 11.9 Å². The number of hydrogen-bond acceptors (Lipinski definition) is 2. The monoisotopic (exact) mass is 637 g/mol. The molecule has 2 aromatic rings. The topological polar surface area (TPSA) is 37.4 Å². The van der Waals surface area contributed by atoms with Crippen LogP contribution < -0.4 is 0 Å². The van der Waals surface area contributed by atoms with Crippen molar-refractivity contribution in [3.63, 3.8) is 0 Å². The van der Waals surface area contributed by atoms with Gasteiger partial charge in [0.05, 0.1) is 5.56 Å². The molecule has 0 fully saturated rings. The molecule has 1 atom stereocenters. The maximum Gasteiger partial charge on any atom is 0.417 e. The van der Waals surface area contributed by atoms with Gasteiger partial charge in [0.2, 0.25) is 5.91 Å². The quantitative estimate of drug-likeness (QED) is 0.203. The Balaban J connectivity index is 2.44. The summed E-state index contributed by atoms with van der Waals surface area (Å²) in [7, 11) is 0.787. The maximum absolute atomic E-state index is 15.0. The Morgan fingerprint density at radius 1 is 0.951 bits per heavy atom. The van der Waals surface area contributed by atoms with Crippen molar-refractivity contribution in [1.29, 1.82) is 0 Å². The molecule has 0 N–H and O–H groups in total. The third-order valence-electron chi connectivity index (χ3n) is 5.64. The molecule has 0 heterocycles. The number of alkyl halides is 9. The van der Waals surface area contributed by atoms with E-state index in [1.54, 1.807) is 0 Å².